The van der Waals surface area contributed by atoms with Crippen LogP contribution >= 0.6 is 0 Å². The molecule has 1 aliphatic heterocycles. The molecule has 0 spiro atoms. The summed E-state index contributed by atoms with van der Waals surface area (Å²) in [4.78, 5) is 0. The summed E-state index contributed by atoms with van der Waals surface area (Å²) in [5, 5.41) is 0. The van der Waals surface area contributed by atoms with Gasteiger partial charge < -0.3 is 14.2 Å². The van der Waals surface area contributed by atoms with Gasteiger partial charge in [0.15, 0.2) is 0 Å². The van der Waals surface area contributed by atoms with Gasteiger partial charge in [0.2, 0.25) is 0 Å². The van der Waals surface area contributed by atoms with Crippen LogP contribution in [0.2, 0.25) is 0 Å². The number of unbranched alkanes of at least 4 members (excludes halogenated alkanes) is 4. The SMILES string of the molecule is CCCCCCCC(CC)OCCOCC1CO1. The fraction of sp³-hybridized carbons (Fsp3) is 1.00. The predicted molar refractivity (Wildman–Crippen MR) is 74.0 cm³/mol. The monoisotopic (exact) mass is 258 g/mol. The summed E-state index contributed by atoms with van der Waals surface area (Å²) in [6.45, 7) is 7.49. The van der Waals surface area contributed by atoms with Crippen LogP contribution in [0.5, 0.6) is 0 Å². The second-order valence-electron chi connectivity index (χ2n) is 5.13. The molecule has 1 rings (SSSR count). The summed E-state index contributed by atoms with van der Waals surface area (Å²) < 4.78 is 16.4. The zero-order valence-electron chi connectivity index (χ0n) is 12.2. The number of rotatable bonds is 13. The van der Waals surface area contributed by atoms with E-state index in [1.54, 1.807) is 0 Å². The Balaban J connectivity index is 1.85. The van der Waals surface area contributed by atoms with Crippen LogP contribution in [0.3, 0.4) is 0 Å². The van der Waals surface area contributed by atoms with Crippen molar-refractivity contribution in [3.63, 3.8) is 0 Å². The molecule has 108 valence electrons. The fourth-order valence-corrected chi connectivity index (χ4v) is 2.03. The smallest absolute Gasteiger partial charge is 0.104 e. The van der Waals surface area contributed by atoms with Crippen molar-refractivity contribution in [2.75, 3.05) is 26.4 Å². The number of hydrogen-bond donors (Lipinski definition) is 0. The van der Waals surface area contributed by atoms with Gasteiger partial charge in [-0.25, -0.2) is 0 Å². The second-order valence-corrected chi connectivity index (χ2v) is 5.13. The zero-order chi connectivity index (χ0) is 13.1. The third-order valence-corrected chi connectivity index (χ3v) is 3.37. The van der Waals surface area contributed by atoms with Crippen LogP contribution < -0.4 is 0 Å². The zero-order valence-corrected chi connectivity index (χ0v) is 12.2. The van der Waals surface area contributed by atoms with E-state index in [4.69, 9.17) is 14.2 Å². The van der Waals surface area contributed by atoms with Gasteiger partial charge in [0.05, 0.1) is 32.5 Å². The summed E-state index contributed by atoms with van der Waals surface area (Å²) in [6.07, 6.45) is 9.81. The molecule has 1 heterocycles. The van der Waals surface area contributed by atoms with E-state index >= 15 is 0 Å². The van der Waals surface area contributed by atoms with Crippen molar-refractivity contribution in [3.8, 4) is 0 Å². The van der Waals surface area contributed by atoms with Crippen LogP contribution in [-0.2, 0) is 14.2 Å². The maximum atomic E-state index is 5.83. The number of epoxide rings is 1. The molecule has 0 amide bonds. The molecule has 0 aromatic carbocycles. The first-order valence-electron chi connectivity index (χ1n) is 7.67. The Morgan fingerprint density at radius 2 is 1.89 bits per heavy atom. The highest BCUT2D eigenvalue weighted by atomic mass is 16.6. The predicted octanol–water partition coefficient (Wildman–Crippen LogP) is 3.56. The lowest BCUT2D eigenvalue weighted by molar-refractivity contribution is -0.00364. The lowest BCUT2D eigenvalue weighted by atomic mass is 10.1. The van der Waals surface area contributed by atoms with Crippen molar-refractivity contribution in [2.24, 2.45) is 0 Å². The third kappa shape index (κ3) is 8.90. The van der Waals surface area contributed by atoms with Gasteiger partial charge in [0, 0.05) is 0 Å². The van der Waals surface area contributed by atoms with Crippen LogP contribution in [0.1, 0.15) is 58.8 Å². The summed E-state index contributed by atoms with van der Waals surface area (Å²) in [7, 11) is 0. The van der Waals surface area contributed by atoms with E-state index in [-0.39, 0.29) is 0 Å². The summed E-state index contributed by atoms with van der Waals surface area (Å²) in [5.41, 5.74) is 0. The van der Waals surface area contributed by atoms with Crippen LogP contribution in [0.4, 0.5) is 0 Å². The van der Waals surface area contributed by atoms with Crippen LogP contribution in [-0.4, -0.2) is 38.6 Å². The van der Waals surface area contributed by atoms with E-state index in [0.717, 1.165) is 26.2 Å². The van der Waals surface area contributed by atoms with E-state index in [0.29, 0.717) is 18.8 Å². The Bertz CT molecular complexity index is 181. The topological polar surface area (TPSA) is 31.0 Å². The first kappa shape index (κ1) is 15.9. The maximum Gasteiger partial charge on any atom is 0.104 e. The van der Waals surface area contributed by atoms with Crippen molar-refractivity contribution in [1.29, 1.82) is 0 Å². The van der Waals surface area contributed by atoms with E-state index in [9.17, 15) is 0 Å². The molecule has 18 heavy (non-hydrogen) atoms. The Kier molecular flexibility index (Phi) is 9.54. The molecule has 0 aromatic heterocycles. The van der Waals surface area contributed by atoms with Crippen LogP contribution in [0, 0.1) is 0 Å². The molecule has 1 fully saturated rings. The molecule has 0 aliphatic carbocycles. The highest BCUT2D eigenvalue weighted by Gasteiger charge is 2.22. The van der Waals surface area contributed by atoms with Gasteiger partial charge in [0.1, 0.15) is 6.10 Å². The molecule has 0 saturated carbocycles. The van der Waals surface area contributed by atoms with Crippen molar-refractivity contribution in [1.82, 2.24) is 0 Å². The first-order valence-corrected chi connectivity index (χ1v) is 7.67. The van der Waals surface area contributed by atoms with Crippen molar-refractivity contribution >= 4 is 0 Å². The lowest BCUT2D eigenvalue weighted by Gasteiger charge is -2.16. The number of hydrogen-bond acceptors (Lipinski definition) is 3. The van der Waals surface area contributed by atoms with Crippen molar-refractivity contribution in [2.45, 2.75) is 71.0 Å². The largest absolute Gasteiger partial charge is 0.376 e. The Hall–Kier alpha value is -0.120. The molecule has 2 atom stereocenters. The van der Waals surface area contributed by atoms with Crippen LogP contribution in [0.15, 0.2) is 0 Å². The van der Waals surface area contributed by atoms with Gasteiger partial charge in [-0.3, -0.25) is 0 Å². The molecule has 3 heteroatoms. The standard InChI is InChI=1S/C15H30O3/c1-3-5-6-7-8-9-14(4-2)17-11-10-16-12-15-13-18-15/h14-15H,3-13H2,1-2H3. The van der Waals surface area contributed by atoms with Crippen LogP contribution in [0.25, 0.3) is 0 Å². The minimum Gasteiger partial charge on any atom is -0.376 e. The molecule has 2 unspecified atom stereocenters. The van der Waals surface area contributed by atoms with E-state index < -0.39 is 0 Å². The molecule has 1 aliphatic rings. The molecular formula is C15H30O3. The normalized spacial score (nSPS) is 20.0. The van der Waals surface area contributed by atoms with Crippen molar-refractivity contribution < 1.29 is 14.2 Å². The van der Waals surface area contributed by atoms with E-state index in [1.165, 1.54) is 38.5 Å². The average Bonchev–Trinajstić information content (AvgIpc) is 3.19. The van der Waals surface area contributed by atoms with Gasteiger partial charge in [-0.2, -0.15) is 0 Å². The van der Waals surface area contributed by atoms with Gasteiger partial charge >= 0.3 is 0 Å². The van der Waals surface area contributed by atoms with Gasteiger partial charge in [-0.1, -0.05) is 46.0 Å². The van der Waals surface area contributed by atoms with Gasteiger partial charge in [0.25, 0.3) is 0 Å². The quantitative estimate of drug-likeness (QED) is 0.374. The third-order valence-electron chi connectivity index (χ3n) is 3.37. The van der Waals surface area contributed by atoms with Gasteiger partial charge in [-0.15, -0.1) is 0 Å². The molecule has 0 N–H and O–H groups in total. The summed E-state index contributed by atoms with van der Waals surface area (Å²) in [6, 6.07) is 0. The molecule has 0 bridgehead atoms. The lowest BCUT2D eigenvalue weighted by Crippen LogP contribution is -2.16. The maximum absolute atomic E-state index is 5.83. The second kappa shape index (κ2) is 10.8. The molecule has 0 aromatic rings. The fourth-order valence-electron chi connectivity index (χ4n) is 2.03. The highest BCUT2D eigenvalue weighted by molar-refractivity contribution is 4.67. The minimum atomic E-state index is 0.366. The minimum absolute atomic E-state index is 0.366. The molecular weight excluding hydrogens is 228 g/mol. The Labute approximate surface area is 112 Å². The van der Waals surface area contributed by atoms with E-state index in [1.807, 2.05) is 0 Å². The summed E-state index contributed by atoms with van der Waals surface area (Å²) >= 11 is 0. The first-order chi connectivity index (χ1) is 8.86. The molecule has 1 saturated heterocycles. The Morgan fingerprint density at radius 3 is 2.56 bits per heavy atom. The molecule has 0 radical (unpaired) electrons. The molecule has 3 nitrogen and oxygen atoms in total. The van der Waals surface area contributed by atoms with E-state index in [2.05, 4.69) is 13.8 Å². The Morgan fingerprint density at radius 1 is 1.11 bits per heavy atom. The average molecular weight is 258 g/mol. The number of ether oxygens (including phenoxy) is 3. The van der Waals surface area contributed by atoms with Crippen molar-refractivity contribution in [3.05, 3.63) is 0 Å². The van der Waals surface area contributed by atoms with Gasteiger partial charge in [-0.05, 0) is 12.8 Å². The highest BCUT2D eigenvalue weighted by Crippen LogP contribution is 2.12. The summed E-state index contributed by atoms with van der Waals surface area (Å²) in [5.74, 6) is 0.